The number of amides is 1. The van der Waals surface area contributed by atoms with E-state index in [1.165, 1.54) is 12.1 Å². The summed E-state index contributed by atoms with van der Waals surface area (Å²) >= 11 is 0. The zero-order valence-corrected chi connectivity index (χ0v) is 16.5. The van der Waals surface area contributed by atoms with Gasteiger partial charge in [0.2, 0.25) is 0 Å². The lowest BCUT2D eigenvalue weighted by Gasteiger charge is -2.35. The van der Waals surface area contributed by atoms with Gasteiger partial charge in [0.05, 0.1) is 12.2 Å². The van der Waals surface area contributed by atoms with Gasteiger partial charge in [-0.3, -0.25) is 4.90 Å². The molecule has 1 aliphatic rings. The summed E-state index contributed by atoms with van der Waals surface area (Å²) in [5, 5.41) is 0. The summed E-state index contributed by atoms with van der Waals surface area (Å²) in [6.45, 7) is 8.82. The molecule has 9 heteroatoms. The number of anilines is 1. The van der Waals surface area contributed by atoms with E-state index in [1.807, 2.05) is 20.8 Å². The Morgan fingerprint density at radius 2 is 1.79 bits per heavy atom. The molecule has 1 saturated heterocycles. The van der Waals surface area contributed by atoms with Crippen molar-refractivity contribution in [1.29, 1.82) is 0 Å². The number of nitrogens with two attached hydrogens (primary N) is 1. The summed E-state index contributed by atoms with van der Waals surface area (Å²) in [5.41, 5.74) is 4.10. The summed E-state index contributed by atoms with van der Waals surface area (Å²) < 4.78 is 49.8. The average molecular weight is 403 g/mol. The number of alkyl halides is 3. The monoisotopic (exact) mass is 403 g/mol. The number of ether oxygens (including phenoxy) is 2. The summed E-state index contributed by atoms with van der Waals surface area (Å²) in [4.78, 5) is 15.9. The first-order chi connectivity index (χ1) is 13.0. The van der Waals surface area contributed by atoms with Crippen molar-refractivity contribution in [2.75, 3.05) is 45.1 Å². The van der Waals surface area contributed by atoms with E-state index in [-0.39, 0.29) is 24.1 Å². The van der Waals surface area contributed by atoms with Crippen molar-refractivity contribution in [3.63, 3.8) is 0 Å². The predicted molar refractivity (Wildman–Crippen MR) is 100 cm³/mol. The van der Waals surface area contributed by atoms with Crippen molar-refractivity contribution in [2.24, 2.45) is 0 Å². The van der Waals surface area contributed by atoms with E-state index in [1.54, 1.807) is 4.90 Å². The van der Waals surface area contributed by atoms with Crippen molar-refractivity contribution >= 4 is 11.8 Å². The first kappa shape index (κ1) is 22.1. The second-order valence-electron chi connectivity index (χ2n) is 7.76. The lowest BCUT2D eigenvalue weighted by molar-refractivity contribution is -0.138. The topological polar surface area (TPSA) is 68.0 Å². The third kappa shape index (κ3) is 6.78. The van der Waals surface area contributed by atoms with Crippen LogP contribution >= 0.6 is 0 Å². The molecule has 6 nitrogen and oxygen atoms in total. The fourth-order valence-corrected chi connectivity index (χ4v) is 2.85. The zero-order valence-electron chi connectivity index (χ0n) is 16.5. The van der Waals surface area contributed by atoms with E-state index >= 15 is 0 Å². The normalized spacial score (nSPS) is 16.1. The predicted octanol–water partition coefficient (Wildman–Crippen LogP) is 3.61. The molecular formula is C19H28F3N3O3. The van der Waals surface area contributed by atoms with Crippen LogP contribution in [0.3, 0.4) is 0 Å². The maximum absolute atomic E-state index is 13.0. The van der Waals surface area contributed by atoms with E-state index in [4.69, 9.17) is 15.2 Å². The van der Waals surface area contributed by atoms with E-state index < -0.39 is 17.3 Å². The largest absolute Gasteiger partial charge is 0.493 e. The number of piperazine rings is 1. The van der Waals surface area contributed by atoms with Crippen LogP contribution in [0.15, 0.2) is 18.2 Å². The van der Waals surface area contributed by atoms with Crippen LogP contribution in [0, 0.1) is 0 Å². The van der Waals surface area contributed by atoms with Gasteiger partial charge < -0.3 is 20.1 Å². The zero-order chi connectivity index (χ0) is 20.9. The molecule has 1 amide bonds. The molecule has 1 aromatic rings. The molecule has 1 fully saturated rings. The minimum atomic E-state index is -4.51. The van der Waals surface area contributed by atoms with Gasteiger partial charge in [-0.1, -0.05) is 0 Å². The Bertz CT molecular complexity index is 667. The number of rotatable bonds is 5. The van der Waals surface area contributed by atoms with Crippen LogP contribution in [-0.4, -0.2) is 60.8 Å². The van der Waals surface area contributed by atoms with Crippen molar-refractivity contribution in [3.05, 3.63) is 23.8 Å². The molecular weight excluding hydrogens is 375 g/mol. The first-order valence-electron chi connectivity index (χ1n) is 9.25. The summed E-state index contributed by atoms with van der Waals surface area (Å²) in [7, 11) is 0. The quantitative estimate of drug-likeness (QED) is 0.601. The van der Waals surface area contributed by atoms with E-state index in [0.717, 1.165) is 6.07 Å². The maximum Gasteiger partial charge on any atom is 0.420 e. The van der Waals surface area contributed by atoms with Gasteiger partial charge >= 0.3 is 12.3 Å². The Balaban J connectivity index is 1.74. The number of halogens is 3. The minimum Gasteiger partial charge on any atom is -0.493 e. The Morgan fingerprint density at radius 3 is 2.36 bits per heavy atom. The molecule has 1 heterocycles. The van der Waals surface area contributed by atoms with Crippen molar-refractivity contribution in [2.45, 2.75) is 39.0 Å². The molecule has 0 saturated carbocycles. The SMILES string of the molecule is CC(C)(C)OC(=O)N1CCN(CCCOc2ccc(N)cc2C(F)(F)F)CC1. The van der Waals surface area contributed by atoms with Crippen LogP contribution in [-0.2, 0) is 10.9 Å². The lowest BCUT2D eigenvalue weighted by atomic mass is 10.1. The Morgan fingerprint density at radius 1 is 1.14 bits per heavy atom. The van der Waals surface area contributed by atoms with Crippen molar-refractivity contribution in [1.82, 2.24) is 9.80 Å². The fourth-order valence-electron chi connectivity index (χ4n) is 2.85. The molecule has 0 radical (unpaired) electrons. The second kappa shape index (κ2) is 8.89. The van der Waals surface area contributed by atoms with Gasteiger partial charge in [-0.15, -0.1) is 0 Å². The van der Waals surface area contributed by atoms with Crippen LogP contribution in [0.5, 0.6) is 5.75 Å². The highest BCUT2D eigenvalue weighted by molar-refractivity contribution is 5.68. The molecule has 1 aliphatic heterocycles. The fraction of sp³-hybridized carbons (Fsp3) is 0.632. The van der Waals surface area contributed by atoms with E-state index in [2.05, 4.69) is 4.90 Å². The van der Waals surface area contributed by atoms with Gasteiger partial charge in [0.15, 0.2) is 0 Å². The van der Waals surface area contributed by atoms with Gasteiger partial charge in [0.1, 0.15) is 11.4 Å². The molecule has 1 aromatic carbocycles. The molecule has 2 N–H and O–H groups in total. The van der Waals surface area contributed by atoms with Gasteiger partial charge in [0, 0.05) is 38.4 Å². The highest BCUT2D eigenvalue weighted by Gasteiger charge is 2.34. The lowest BCUT2D eigenvalue weighted by Crippen LogP contribution is -2.50. The maximum atomic E-state index is 13.0. The average Bonchev–Trinajstić information content (AvgIpc) is 2.58. The van der Waals surface area contributed by atoms with E-state index in [0.29, 0.717) is 39.1 Å². The standard InChI is InChI=1S/C19H28F3N3O3/c1-18(2,3)28-17(26)25-10-8-24(9-11-25)7-4-12-27-16-6-5-14(23)13-15(16)19(20,21)22/h5-6,13H,4,7-12,23H2,1-3H3. The molecule has 0 spiro atoms. The smallest absolute Gasteiger partial charge is 0.420 e. The molecule has 0 aliphatic carbocycles. The second-order valence-corrected chi connectivity index (χ2v) is 7.76. The number of hydrogen-bond acceptors (Lipinski definition) is 5. The van der Waals surface area contributed by atoms with Crippen LogP contribution in [0.2, 0.25) is 0 Å². The third-order valence-corrected chi connectivity index (χ3v) is 4.21. The number of nitrogen functional groups attached to an aromatic ring is 1. The molecule has 0 unspecified atom stereocenters. The van der Waals surface area contributed by atoms with Crippen LogP contribution in [0.25, 0.3) is 0 Å². The first-order valence-corrected chi connectivity index (χ1v) is 9.25. The van der Waals surface area contributed by atoms with Gasteiger partial charge in [-0.05, 0) is 45.4 Å². The Hall–Kier alpha value is -2.16. The number of nitrogens with zero attached hydrogens (tertiary/aromatic N) is 2. The molecule has 0 atom stereocenters. The van der Waals surface area contributed by atoms with Crippen LogP contribution in [0.4, 0.5) is 23.7 Å². The molecule has 2 rings (SSSR count). The Kier molecular flexibility index (Phi) is 7.03. The molecule has 28 heavy (non-hydrogen) atoms. The summed E-state index contributed by atoms with van der Waals surface area (Å²) in [6.07, 6.45) is -4.25. The molecule has 0 aromatic heterocycles. The van der Waals surface area contributed by atoms with E-state index in [9.17, 15) is 18.0 Å². The highest BCUT2D eigenvalue weighted by Crippen LogP contribution is 2.37. The molecule has 158 valence electrons. The third-order valence-electron chi connectivity index (χ3n) is 4.21. The number of benzene rings is 1. The van der Waals surface area contributed by atoms with Crippen LogP contribution in [0.1, 0.15) is 32.8 Å². The van der Waals surface area contributed by atoms with Crippen molar-refractivity contribution in [3.8, 4) is 5.75 Å². The minimum absolute atomic E-state index is 0.0440. The van der Waals surface area contributed by atoms with Gasteiger partial charge in [-0.25, -0.2) is 4.79 Å². The number of carbonyl (C=O) groups excluding carboxylic acids is 1. The summed E-state index contributed by atoms with van der Waals surface area (Å²) in [5.74, 6) is -0.212. The van der Waals surface area contributed by atoms with Gasteiger partial charge in [0.25, 0.3) is 0 Å². The highest BCUT2D eigenvalue weighted by atomic mass is 19.4. The number of carbonyl (C=O) groups is 1. The van der Waals surface area contributed by atoms with Crippen LogP contribution < -0.4 is 10.5 Å². The van der Waals surface area contributed by atoms with Crippen molar-refractivity contribution < 1.29 is 27.4 Å². The number of hydrogen-bond donors (Lipinski definition) is 1. The van der Waals surface area contributed by atoms with Gasteiger partial charge in [-0.2, -0.15) is 13.2 Å². The molecule has 0 bridgehead atoms. The Labute approximate surface area is 163 Å². The summed E-state index contributed by atoms with van der Waals surface area (Å²) in [6, 6.07) is 3.52.